The molecule has 0 fully saturated rings. The molecule has 0 aliphatic carbocycles. The van der Waals surface area contributed by atoms with E-state index in [0.29, 0.717) is 28.6 Å². The largest absolute Gasteiger partial charge is 0.488 e. The van der Waals surface area contributed by atoms with Gasteiger partial charge in [-0.15, -0.1) is 34.7 Å². The predicted octanol–water partition coefficient (Wildman–Crippen LogP) is 7.58. The van der Waals surface area contributed by atoms with E-state index in [-0.39, 0.29) is 18.5 Å². The van der Waals surface area contributed by atoms with E-state index in [2.05, 4.69) is 4.98 Å². The van der Waals surface area contributed by atoms with Crippen LogP contribution in [-0.2, 0) is 28.2 Å². The molecule has 4 nitrogen and oxygen atoms in total. The van der Waals surface area contributed by atoms with Crippen molar-refractivity contribution in [2.75, 3.05) is 6.61 Å². The molecule has 0 saturated carbocycles. The van der Waals surface area contributed by atoms with Crippen LogP contribution in [0.5, 0.6) is 5.75 Å². The Bertz CT molecular complexity index is 1110. The highest BCUT2D eigenvalue weighted by Gasteiger charge is 2.31. The highest BCUT2D eigenvalue weighted by Crippen LogP contribution is 2.36. The summed E-state index contributed by atoms with van der Waals surface area (Å²) < 4.78 is 48.7. The first-order chi connectivity index (χ1) is 16.0. The van der Waals surface area contributed by atoms with Crippen molar-refractivity contribution in [3.63, 3.8) is 0 Å². The van der Waals surface area contributed by atoms with E-state index in [9.17, 15) is 18.0 Å². The van der Waals surface area contributed by atoms with Gasteiger partial charge in [-0.3, -0.25) is 4.79 Å². The Morgan fingerprint density at radius 1 is 1.09 bits per heavy atom. The van der Waals surface area contributed by atoms with Crippen molar-refractivity contribution < 1.29 is 27.4 Å². The summed E-state index contributed by atoms with van der Waals surface area (Å²) in [7, 11) is 0. The number of nitrogens with zero attached hydrogens (tertiary/aromatic N) is 1. The van der Waals surface area contributed by atoms with E-state index in [1.807, 2.05) is 38.1 Å². The van der Waals surface area contributed by atoms with Crippen LogP contribution in [0.2, 0.25) is 0 Å². The molecule has 0 saturated heterocycles. The number of thiazole rings is 1. The van der Waals surface area contributed by atoms with E-state index >= 15 is 0 Å². The molecule has 0 aliphatic rings. The minimum absolute atomic E-state index is 0.161. The van der Waals surface area contributed by atoms with E-state index < -0.39 is 16.5 Å². The summed E-state index contributed by atoms with van der Waals surface area (Å²) in [6.45, 7) is 5.95. The maximum Gasteiger partial charge on any atom is 0.416 e. The number of carbonyl (C=O) groups excluding carboxylic acids is 1. The lowest BCUT2D eigenvalue weighted by Gasteiger charge is -2.21. The minimum atomic E-state index is -4.38. The molecule has 34 heavy (non-hydrogen) atoms. The smallest absolute Gasteiger partial charge is 0.416 e. The van der Waals surface area contributed by atoms with Crippen LogP contribution >= 0.6 is 34.7 Å². The maximum atomic E-state index is 12.8. The third kappa shape index (κ3) is 6.67. The van der Waals surface area contributed by atoms with Gasteiger partial charge in [0.1, 0.15) is 22.1 Å². The van der Waals surface area contributed by atoms with Crippen LogP contribution in [-0.4, -0.2) is 22.3 Å². The van der Waals surface area contributed by atoms with E-state index in [4.69, 9.17) is 21.1 Å². The third-order valence-corrected chi connectivity index (χ3v) is 7.26. The molecule has 10 heteroatoms. The van der Waals surface area contributed by atoms with Crippen LogP contribution in [0, 0.1) is 0 Å². The molecule has 0 N–H and O–H groups in total. The Morgan fingerprint density at radius 3 is 2.29 bits per heavy atom. The monoisotopic (exact) mass is 529 g/mol. The van der Waals surface area contributed by atoms with E-state index in [1.54, 1.807) is 6.92 Å². The van der Waals surface area contributed by atoms with Crippen LogP contribution < -0.4 is 4.74 Å². The van der Waals surface area contributed by atoms with E-state index in [1.165, 1.54) is 35.2 Å². The Morgan fingerprint density at radius 2 is 1.74 bits per heavy atom. The molecular weight excluding hydrogens is 507 g/mol. The van der Waals surface area contributed by atoms with Gasteiger partial charge in [0, 0.05) is 10.5 Å². The van der Waals surface area contributed by atoms with E-state index in [0.717, 1.165) is 21.9 Å². The quantitative estimate of drug-likeness (QED) is 0.162. The van der Waals surface area contributed by atoms with Crippen molar-refractivity contribution in [1.82, 2.24) is 4.98 Å². The van der Waals surface area contributed by atoms with Gasteiger partial charge in [0.15, 0.2) is 0 Å². The first-order valence-corrected chi connectivity index (χ1v) is 12.5. The zero-order valence-corrected chi connectivity index (χ0v) is 21.1. The van der Waals surface area contributed by atoms with Crippen molar-refractivity contribution >= 4 is 40.7 Å². The molecule has 0 spiro atoms. The fourth-order valence-corrected chi connectivity index (χ4v) is 5.22. The molecule has 0 aliphatic heterocycles. The molecule has 0 atom stereocenters. The second kappa shape index (κ2) is 11.0. The highest BCUT2D eigenvalue weighted by atomic mass is 35.5. The summed E-state index contributed by atoms with van der Waals surface area (Å²) in [5, 5.41) is 0.580. The minimum Gasteiger partial charge on any atom is -0.488 e. The number of halogens is 4. The molecule has 0 radical (unpaired) electrons. The summed E-state index contributed by atoms with van der Waals surface area (Å²) in [6, 6.07) is 12.2. The SMILES string of the molecule is CCOC(=O)C(C)(C)Sc1ccc(OCc2sc(-c3ccc(C(F)(F)F)cc3)nc2CCl)cc1. The zero-order valence-electron chi connectivity index (χ0n) is 18.7. The predicted molar refractivity (Wildman–Crippen MR) is 129 cm³/mol. The molecule has 1 aromatic heterocycles. The Hall–Kier alpha value is -2.23. The van der Waals surface area contributed by atoms with Crippen LogP contribution in [0.3, 0.4) is 0 Å². The summed E-state index contributed by atoms with van der Waals surface area (Å²) in [6.07, 6.45) is -4.38. The first-order valence-electron chi connectivity index (χ1n) is 10.3. The van der Waals surface area contributed by atoms with Crippen LogP contribution in [0.1, 0.15) is 36.9 Å². The summed E-state index contributed by atoms with van der Waals surface area (Å²) in [5.41, 5.74) is 0.507. The van der Waals surface area contributed by atoms with Gasteiger partial charge in [-0.2, -0.15) is 13.2 Å². The van der Waals surface area contributed by atoms with Gasteiger partial charge in [-0.1, -0.05) is 12.1 Å². The topological polar surface area (TPSA) is 48.4 Å². The Balaban J connectivity index is 1.66. The number of ether oxygens (including phenoxy) is 2. The molecule has 2 aromatic carbocycles. The zero-order chi connectivity index (χ0) is 24.9. The van der Waals surface area contributed by atoms with Gasteiger partial charge in [-0.25, -0.2) is 4.98 Å². The third-order valence-electron chi connectivity index (χ3n) is 4.70. The summed E-state index contributed by atoms with van der Waals surface area (Å²) >= 11 is 8.76. The average molecular weight is 530 g/mol. The lowest BCUT2D eigenvalue weighted by molar-refractivity contribution is -0.145. The number of esters is 1. The number of thioether (sulfide) groups is 1. The van der Waals surface area contributed by atoms with Gasteiger partial charge in [0.2, 0.25) is 0 Å². The summed E-state index contributed by atoms with van der Waals surface area (Å²) in [5.74, 6) is 0.514. The number of hydrogen-bond acceptors (Lipinski definition) is 6. The maximum absolute atomic E-state index is 12.8. The molecule has 0 bridgehead atoms. The Kier molecular flexibility index (Phi) is 8.54. The number of hydrogen-bond donors (Lipinski definition) is 0. The van der Waals surface area contributed by atoms with Gasteiger partial charge in [0.25, 0.3) is 0 Å². The first kappa shape index (κ1) is 26.4. The number of alkyl halides is 4. The lowest BCUT2D eigenvalue weighted by Crippen LogP contribution is -2.29. The molecule has 3 aromatic rings. The fraction of sp³-hybridized carbons (Fsp3) is 0.333. The van der Waals surface area contributed by atoms with Gasteiger partial charge in [0.05, 0.1) is 28.6 Å². The number of aromatic nitrogens is 1. The lowest BCUT2D eigenvalue weighted by atomic mass is 10.1. The van der Waals surface area contributed by atoms with Crippen molar-refractivity contribution in [2.45, 2.75) is 49.1 Å². The van der Waals surface area contributed by atoms with Crippen LogP contribution in [0.25, 0.3) is 10.6 Å². The second-order valence-corrected chi connectivity index (χ2v) is 10.7. The Labute approximate surface area is 209 Å². The number of carbonyl (C=O) groups is 1. The standard InChI is InChI=1S/C24H23ClF3NO3S2/c1-4-31-22(30)23(2,3)34-18-11-9-17(10-12-18)32-14-20-19(13-25)29-21(33-20)15-5-7-16(8-6-15)24(26,27)28/h5-12H,4,13-14H2,1-3H3. The van der Waals surface area contributed by atoms with Crippen LogP contribution in [0.15, 0.2) is 53.4 Å². The summed E-state index contributed by atoms with van der Waals surface area (Å²) in [4.78, 5) is 18.3. The van der Waals surface area contributed by atoms with Crippen molar-refractivity contribution in [3.05, 3.63) is 64.7 Å². The molecule has 0 unspecified atom stereocenters. The van der Waals surface area contributed by atoms with Crippen molar-refractivity contribution in [2.24, 2.45) is 0 Å². The molecule has 3 rings (SSSR count). The highest BCUT2D eigenvalue weighted by molar-refractivity contribution is 8.01. The molecule has 182 valence electrons. The molecule has 1 heterocycles. The number of rotatable bonds is 9. The van der Waals surface area contributed by atoms with Gasteiger partial charge in [-0.05, 0) is 57.2 Å². The second-order valence-electron chi connectivity index (χ2n) is 7.69. The fourth-order valence-electron chi connectivity index (χ4n) is 2.92. The van der Waals surface area contributed by atoms with Gasteiger partial charge >= 0.3 is 12.1 Å². The molecule has 0 amide bonds. The van der Waals surface area contributed by atoms with Crippen molar-refractivity contribution in [1.29, 1.82) is 0 Å². The number of benzene rings is 2. The van der Waals surface area contributed by atoms with Crippen LogP contribution in [0.4, 0.5) is 13.2 Å². The normalized spacial score (nSPS) is 12.0. The molecular formula is C24H23ClF3NO3S2. The van der Waals surface area contributed by atoms with Crippen molar-refractivity contribution in [3.8, 4) is 16.3 Å². The average Bonchev–Trinajstić information content (AvgIpc) is 3.21. The van der Waals surface area contributed by atoms with Gasteiger partial charge < -0.3 is 9.47 Å².